The smallest absolute Gasteiger partial charge is 0.254 e. The average molecular weight is 399 g/mol. The van der Waals surface area contributed by atoms with Gasteiger partial charge in [0.2, 0.25) is 0 Å². The van der Waals surface area contributed by atoms with E-state index >= 15 is 0 Å². The summed E-state index contributed by atoms with van der Waals surface area (Å²) in [5.41, 5.74) is 1.42. The van der Waals surface area contributed by atoms with Crippen molar-refractivity contribution in [2.45, 2.75) is 10.6 Å². The van der Waals surface area contributed by atoms with E-state index in [1.807, 2.05) is 24.3 Å². The molecule has 1 amide bonds. The molecule has 25 heavy (non-hydrogen) atoms. The highest BCUT2D eigenvalue weighted by Gasteiger charge is 2.23. The highest BCUT2D eigenvalue weighted by atomic mass is 35.5. The number of hydrogen-bond donors (Lipinski definition) is 0. The first-order valence-corrected chi connectivity index (χ1v) is 11.1. The van der Waals surface area contributed by atoms with Crippen LogP contribution in [0.15, 0.2) is 39.9 Å². The first-order chi connectivity index (χ1) is 11.9. The topological polar surface area (TPSA) is 57.7 Å². The SMILES string of the molecule is CS(=O)(=O)c1cc(C(=O)N2CCCN(c3ccccc3Cl)CC2)cs1. The second-order valence-electron chi connectivity index (χ2n) is 6.01. The van der Waals surface area contributed by atoms with Gasteiger partial charge in [-0.15, -0.1) is 11.3 Å². The zero-order valence-corrected chi connectivity index (χ0v) is 16.2. The maximum absolute atomic E-state index is 12.7. The number of carbonyl (C=O) groups is 1. The summed E-state index contributed by atoms with van der Waals surface area (Å²) in [4.78, 5) is 16.7. The first kappa shape index (κ1) is 18.2. The Balaban J connectivity index is 1.72. The largest absolute Gasteiger partial charge is 0.368 e. The fourth-order valence-corrected chi connectivity index (χ4v) is 4.92. The fourth-order valence-electron chi connectivity index (χ4n) is 2.88. The van der Waals surface area contributed by atoms with Crippen LogP contribution in [0.25, 0.3) is 0 Å². The average Bonchev–Trinajstić information content (AvgIpc) is 2.95. The van der Waals surface area contributed by atoms with E-state index in [-0.39, 0.29) is 10.1 Å². The molecular formula is C17H19ClN2O3S2. The molecule has 1 aromatic heterocycles. The molecule has 5 nitrogen and oxygen atoms in total. The second-order valence-corrected chi connectivity index (χ2v) is 9.57. The van der Waals surface area contributed by atoms with Crippen LogP contribution in [-0.2, 0) is 9.84 Å². The molecule has 0 bridgehead atoms. The molecule has 134 valence electrons. The van der Waals surface area contributed by atoms with Crippen molar-refractivity contribution in [1.29, 1.82) is 0 Å². The number of hydrogen-bond acceptors (Lipinski definition) is 5. The van der Waals surface area contributed by atoms with Gasteiger partial charge in [0.25, 0.3) is 5.91 Å². The quantitative estimate of drug-likeness (QED) is 0.796. The maximum atomic E-state index is 12.7. The van der Waals surface area contributed by atoms with Crippen molar-refractivity contribution < 1.29 is 13.2 Å². The molecule has 1 saturated heterocycles. The van der Waals surface area contributed by atoms with Gasteiger partial charge < -0.3 is 9.80 Å². The Morgan fingerprint density at radius 2 is 1.92 bits per heavy atom. The van der Waals surface area contributed by atoms with Crippen LogP contribution in [0.4, 0.5) is 5.69 Å². The number of nitrogens with zero attached hydrogens (tertiary/aromatic N) is 2. The van der Waals surface area contributed by atoms with E-state index in [1.54, 1.807) is 10.3 Å². The van der Waals surface area contributed by atoms with Gasteiger partial charge in [0.1, 0.15) is 4.21 Å². The number of amides is 1. The molecule has 3 rings (SSSR count). The summed E-state index contributed by atoms with van der Waals surface area (Å²) < 4.78 is 23.4. The van der Waals surface area contributed by atoms with Gasteiger partial charge in [-0.2, -0.15) is 0 Å². The Kier molecular flexibility index (Phi) is 5.36. The van der Waals surface area contributed by atoms with Crippen molar-refractivity contribution >= 4 is 44.4 Å². The predicted molar refractivity (Wildman–Crippen MR) is 102 cm³/mol. The number of carbonyl (C=O) groups excluding carboxylic acids is 1. The third-order valence-electron chi connectivity index (χ3n) is 4.16. The second kappa shape index (κ2) is 7.35. The Hall–Kier alpha value is -1.57. The molecule has 0 saturated carbocycles. The number of para-hydroxylation sites is 1. The number of halogens is 1. The van der Waals surface area contributed by atoms with Crippen LogP contribution in [0.5, 0.6) is 0 Å². The van der Waals surface area contributed by atoms with E-state index in [4.69, 9.17) is 11.6 Å². The Bertz CT molecular complexity index is 880. The zero-order chi connectivity index (χ0) is 18.0. The molecule has 2 heterocycles. The van der Waals surface area contributed by atoms with Gasteiger partial charge in [0.15, 0.2) is 9.84 Å². The highest BCUT2D eigenvalue weighted by Crippen LogP contribution is 2.27. The Morgan fingerprint density at radius 3 is 2.60 bits per heavy atom. The van der Waals surface area contributed by atoms with Crippen LogP contribution in [0.3, 0.4) is 0 Å². The summed E-state index contributed by atoms with van der Waals surface area (Å²) in [7, 11) is -3.28. The number of thiophene rings is 1. The van der Waals surface area contributed by atoms with Gasteiger partial charge in [-0.3, -0.25) is 4.79 Å². The normalized spacial score (nSPS) is 15.9. The molecule has 0 atom stereocenters. The third-order valence-corrected chi connectivity index (χ3v) is 7.25. The molecule has 8 heteroatoms. The standard InChI is InChI=1S/C17H19ClN2O3S2/c1-25(22,23)16-11-13(12-24-16)17(21)20-8-4-7-19(9-10-20)15-6-3-2-5-14(15)18/h2-3,5-6,11-12H,4,7-10H2,1H3. The summed E-state index contributed by atoms with van der Waals surface area (Å²) in [5, 5.41) is 2.33. The summed E-state index contributed by atoms with van der Waals surface area (Å²) in [6.45, 7) is 2.74. The van der Waals surface area contributed by atoms with E-state index in [0.29, 0.717) is 30.2 Å². The lowest BCUT2D eigenvalue weighted by molar-refractivity contribution is 0.0767. The maximum Gasteiger partial charge on any atom is 0.254 e. The number of sulfone groups is 1. The lowest BCUT2D eigenvalue weighted by Crippen LogP contribution is -2.35. The molecule has 0 N–H and O–H groups in total. The van der Waals surface area contributed by atoms with Gasteiger partial charge in [-0.1, -0.05) is 23.7 Å². The molecule has 1 aromatic carbocycles. The molecule has 0 aliphatic carbocycles. The van der Waals surface area contributed by atoms with E-state index < -0.39 is 9.84 Å². The van der Waals surface area contributed by atoms with Crippen LogP contribution >= 0.6 is 22.9 Å². The molecule has 0 radical (unpaired) electrons. The van der Waals surface area contributed by atoms with Gasteiger partial charge in [0, 0.05) is 37.8 Å². The number of rotatable bonds is 3. The first-order valence-electron chi connectivity index (χ1n) is 7.93. The summed E-state index contributed by atoms with van der Waals surface area (Å²) >= 11 is 7.36. The van der Waals surface area contributed by atoms with Crippen molar-refractivity contribution in [2.75, 3.05) is 37.3 Å². The lowest BCUT2D eigenvalue weighted by atomic mass is 10.2. The molecule has 0 spiro atoms. The van der Waals surface area contributed by atoms with Crippen LogP contribution in [0.2, 0.25) is 5.02 Å². The number of benzene rings is 1. The van der Waals surface area contributed by atoms with E-state index in [1.165, 1.54) is 6.07 Å². The molecular weight excluding hydrogens is 380 g/mol. The monoisotopic (exact) mass is 398 g/mol. The number of anilines is 1. The third kappa shape index (κ3) is 4.16. The highest BCUT2D eigenvalue weighted by molar-refractivity contribution is 7.92. The minimum absolute atomic E-state index is 0.118. The van der Waals surface area contributed by atoms with Gasteiger partial charge in [-0.25, -0.2) is 8.42 Å². The van der Waals surface area contributed by atoms with Gasteiger partial charge in [0.05, 0.1) is 16.3 Å². The van der Waals surface area contributed by atoms with E-state index in [0.717, 1.165) is 36.2 Å². The van der Waals surface area contributed by atoms with Crippen molar-refractivity contribution in [1.82, 2.24) is 4.90 Å². The Morgan fingerprint density at radius 1 is 1.16 bits per heavy atom. The minimum atomic E-state index is -3.28. The van der Waals surface area contributed by atoms with E-state index in [9.17, 15) is 13.2 Å². The van der Waals surface area contributed by atoms with Crippen LogP contribution in [0, 0.1) is 0 Å². The van der Waals surface area contributed by atoms with Crippen molar-refractivity contribution in [3.63, 3.8) is 0 Å². The van der Waals surface area contributed by atoms with Crippen LogP contribution < -0.4 is 4.90 Å². The van der Waals surface area contributed by atoms with Crippen molar-refractivity contribution in [3.8, 4) is 0 Å². The van der Waals surface area contributed by atoms with Gasteiger partial charge >= 0.3 is 0 Å². The predicted octanol–water partition coefficient (Wildman–Crippen LogP) is 3.16. The van der Waals surface area contributed by atoms with Crippen molar-refractivity contribution in [3.05, 3.63) is 46.3 Å². The minimum Gasteiger partial charge on any atom is -0.368 e. The van der Waals surface area contributed by atoms with E-state index in [2.05, 4.69) is 4.90 Å². The Labute approximate surface area is 156 Å². The fraction of sp³-hybridized carbons (Fsp3) is 0.353. The summed E-state index contributed by atoms with van der Waals surface area (Å²) in [6, 6.07) is 9.17. The van der Waals surface area contributed by atoms with Crippen LogP contribution in [0.1, 0.15) is 16.8 Å². The zero-order valence-electron chi connectivity index (χ0n) is 13.8. The molecule has 1 aliphatic heterocycles. The molecule has 1 fully saturated rings. The van der Waals surface area contributed by atoms with Gasteiger partial charge in [-0.05, 0) is 24.6 Å². The summed E-state index contributed by atoms with van der Waals surface area (Å²) in [5.74, 6) is -0.118. The molecule has 0 unspecified atom stereocenters. The molecule has 2 aromatic rings. The lowest BCUT2D eigenvalue weighted by Gasteiger charge is -2.24. The molecule has 1 aliphatic rings. The summed E-state index contributed by atoms with van der Waals surface area (Å²) in [6.07, 6.45) is 1.99. The van der Waals surface area contributed by atoms with Crippen molar-refractivity contribution in [2.24, 2.45) is 0 Å². The van der Waals surface area contributed by atoms with Crippen LogP contribution in [-0.4, -0.2) is 51.7 Å².